The number of imide groups is 1. The third kappa shape index (κ3) is 6.85. The zero-order valence-corrected chi connectivity index (χ0v) is 22.4. The Morgan fingerprint density at radius 3 is 2.59 bits per heavy atom. The number of benzene rings is 2. The van der Waals surface area contributed by atoms with Gasteiger partial charge < -0.3 is 19.5 Å². The lowest BCUT2D eigenvalue weighted by molar-refractivity contribution is -0.123. The molecule has 2 aromatic rings. The summed E-state index contributed by atoms with van der Waals surface area (Å²) < 4.78 is 17.0. The molecule has 196 valence electrons. The van der Waals surface area contributed by atoms with Crippen LogP contribution in [0.1, 0.15) is 49.3 Å². The van der Waals surface area contributed by atoms with Gasteiger partial charge in [-0.15, -0.1) is 0 Å². The topological polar surface area (TPSA) is 94.2 Å². The molecular formula is C28H32N2O6S. The number of methoxy groups -OCH3 is 1. The number of rotatable bonds is 11. The number of hydrogen-bond donors (Lipinski definition) is 1. The second kappa shape index (κ2) is 11.7. The Morgan fingerprint density at radius 1 is 1.11 bits per heavy atom. The highest BCUT2D eigenvalue weighted by Gasteiger charge is 2.35. The molecule has 3 amide bonds. The Morgan fingerprint density at radius 2 is 1.89 bits per heavy atom. The molecule has 1 saturated heterocycles. The summed E-state index contributed by atoms with van der Waals surface area (Å²) in [6.45, 7) is 6.46. The SMILES string of the molecule is COc1cc(/C=C2\SC(=O)N(CCOc3cc(C)ccc3C(C)C)C2=O)ccc1OCC(=O)NC1CC1. The van der Waals surface area contributed by atoms with Crippen molar-refractivity contribution in [3.63, 3.8) is 0 Å². The van der Waals surface area contributed by atoms with Crippen molar-refractivity contribution in [2.75, 3.05) is 26.9 Å². The second-order valence-electron chi connectivity index (χ2n) is 9.42. The molecule has 1 aliphatic heterocycles. The van der Waals surface area contributed by atoms with Crippen molar-refractivity contribution >= 4 is 34.9 Å². The zero-order chi connectivity index (χ0) is 26.5. The lowest BCUT2D eigenvalue weighted by Gasteiger charge is -2.17. The number of carbonyl (C=O) groups is 3. The molecule has 0 unspecified atom stereocenters. The minimum atomic E-state index is -0.358. The van der Waals surface area contributed by atoms with Crippen LogP contribution in [0.5, 0.6) is 17.2 Å². The highest BCUT2D eigenvalue weighted by molar-refractivity contribution is 8.18. The van der Waals surface area contributed by atoms with Gasteiger partial charge in [0.05, 0.1) is 18.6 Å². The Labute approximate surface area is 221 Å². The third-order valence-corrected chi connectivity index (χ3v) is 6.93. The predicted octanol–water partition coefficient (Wildman–Crippen LogP) is 4.90. The molecule has 0 aromatic heterocycles. The number of ether oxygens (including phenoxy) is 3. The van der Waals surface area contributed by atoms with Crippen LogP contribution >= 0.6 is 11.8 Å². The average Bonchev–Trinajstić information content (AvgIpc) is 3.64. The van der Waals surface area contributed by atoms with Crippen molar-refractivity contribution in [2.45, 2.75) is 45.6 Å². The summed E-state index contributed by atoms with van der Waals surface area (Å²) >= 11 is 0.895. The normalized spacial score (nSPS) is 16.5. The Kier molecular flexibility index (Phi) is 8.43. The van der Waals surface area contributed by atoms with E-state index in [1.54, 1.807) is 24.3 Å². The molecule has 37 heavy (non-hydrogen) atoms. The first-order valence-corrected chi connectivity index (χ1v) is 13.2. The predicted molar refractivity (Wildman–Crippen MR) is 143 cm³/mol. The quantitative estimate of drug-likeness (QED) is 0.418. The van der Waals surface area contributed by atoms with Gasteiger partial charge in [-0.1, -0.05) is 32.0 Å². The summed E-state index contributed by atoms with van der Waals surface area (Å²) in [6.07, 6.45) is 3.66. The van der Waals surface area contributed by atoms with Gasteiger partial charge in [0.25, 0.3) is 17.1 Å². The summed E-state index contributed by atoms with van der Waals surface area (Å²) in [4.78, 5) is 38.9. The first kappa shape index (κ1) is 26.6. The smallest absolute Gasteiger partial charge is 0.293 e. The van der Waals surface area contributed by atoms with E-state index in [1.165, 1.54) is 12.0 Å². The molecule has 0 spiro atoms. The van der Waals surface area contributed by atoms with E-state index >= 15 is 0 Å². The van der Waals surface area contributed by atoms with Crippen LogP contribution in [0.15, 0.2) is 41.3 Å². The van der Waals surface area contributed by atoms with E-state index in [1.807, 2.05) is 25.1 Å². The van der Waals surface area contributed by atoms with Crippen molar-refractivity contribution in [2.24, 2.45) is 0 Å². The van der Waals surface area contributed by atoms with E-state index in [9.17, 15) is 14.4 Å². The minimum Gasteiger partial charge on any atom is -0.493 e. The standard InChI is InChI=1S/C28H32N2O6S/c1-17(2)21-9-5-18(3)13-23(21)35-12-11-30-27(32)25(37-28(30)33)15-19-6-10-22(24(14-19)34-4)36-16-26(31)29-20-7-8-20/h5-6,9-10,13-15,17,20H,7-8,11-12,16H2,1-4H3,(H,29,31)/b25-15-. The van der Waals surface area contributed by atoms with Crippen LogP contribution in [0.3, 0.4) is 0 Å². The molecular weight excluding hydrogens is 492 g/mol. The van der Waals surface area contributed by atoms with Gasteiger partial charge in [-0.3, -0.25) is 19.3 Å². The van der Waals surface area contributed by atoms with Gasteiger partial charge in [-0.2, -0.15) is 0 Å². The summed E-state index contributed by atoms with van der Waals surface area (Å²) in [5.41, 5.74) is 2.85. The molecule has 0 radical (unpaired) electrons. The maximum atomic E-state index is 12.9. The minimum absolute atomic E-state index is 0.103. The van der Waals surface area contributed by atoms with E-state index in [2.05, 4.69) is 19.2 Å². The summed E-state index contributed by atoms with van der Waals surface area (Å²) in [6, 6.07) is 11.5. The van der Waals surface area contributed by atoms with Crippen LogP contribution < -0.4 is 19.5 Å². The van der Waals surface area contributed by atoms with Gasteiger partial charge in [0.2, 0.25) is 0 Å². The van der Waals surface area contributed by atoms with Gasteiger partial charge in [-0.05, 0) is 78.4 Å². The number of carbonyl (C=O) groups excluding carboxylic acids is 3. The first-order chi connectivity index (χ1) is 17.7. The Hall–Kier alpha value is -3.46. The first-order valence-electron chi connectivity index (χ1n) is 12.3. The largest absolute Gasteiger partial charge is 0.493 e. The Balaban J connectivity index is 1.37. The fourth-order valence-corrected chi connectivity index (χ4v) is 4.73. The molecule has 1 aliphatic carbocycles. The number of hydrogen-bond acceptors (Lipinski definition) is 7. The summed E-state index contributed by atoms with van der Waals surface area (Å²) in [7, 11) is 1.50. The molecule has 1 saturated carbocycles. The number of nitrogens with zero attached hydrogens (tertiary/aromatic N) is 1. The van der Waals surface area contributed by atoms with Gasteiger partial charge in [0.15, 0.2) is 18.1 Å². The number of nitrogens with one attached hydrogen (secondary N) is 1. The van der Waals surface area contributed by atoms with Gasteiger partial charge in [0.1, 0.15) is 12.4 Å². The molecule has 2 aromatic carbocycles. The van der Waals surface area contributed by atoms with Crippen LogP contribution in [0.2, 0.25) is 0 Å². The van der Waals surface area contributed by atoms with Crippen molar-refractivity contribution in [3.05, 3.63) is 58.0 Å². The monoisotopic (exact) mass is 524 g/mol. The molecule has 4 rings (SSSR count). The maximum Gasteiger partial charge on any atom is 0.293 e. The lowest BCUT2D eigenvalue weighted by atomic mass is 10.0. The molecule has 2 fully saturated rings. The Bertz CT molecular complexity index is 1220. The van der Waals surface area contributed by atoms with E-state index in [0.717, 1.165) is 41.5 Å². The van der Waals surface area contributed by atoms with Crippen LogP contribution in [0.25, 0.3) is 6.08 Å². The number of thioether (sulfide) groups is 1. The van der Waals surface area contributed by atoms with E-state index in [-0.39, 0.29) is 42.9 Å². The molecule has 1 heterocycles. The molecule has 1 N–H and O–H groups in total. The summed E-state index contributed by atoms with van der Waals surface area (Å²) in [5, 5.41) is 2.54. The van der Waals surface area contributed by atoms with Crippen LogP contribution in [-0.2, 0) is 9.59 Å². The molecule has 2 aliphatic rings. The van der Waals surface area contributed by atoms with Crippen molar-refractivity contribution < 1.29 is 28.6 Å². The summed E-state index contributed by atoms with van der Waals surface area (Å²) in [5.74, 6) is 1.39. The van der Waals surface area contributed by atoms with E-state index < -0.39 is 0 Å². The van der Waals surface area contributed by atoms with Gasteiger partial charge >= 0.3 is 0 Å². The maximum absolute atomic E-state index is 12.9. The van der Waals surface area contributed by atoms with Crippen LogP contribution in [0, 0.1) is 6.92 Å². The van der Waals surface area contributed by atoms with Crippen molar-refractivity contribution in [1.29, 1.82) is 0 Å². The van der Waals surface area contributed by atoms with Crippen molar-refractivity contribution in [3.8, 4) is 17.2 Å². The van der Waals surface area contributed by atoms with Crippen LogP contribution in [-0.4, -0.2) is 54.9 Å². The number of aryl methyl sites for hydroxylation is 1. The fraction of sp³-hybridized carbons (Fsp3) is 0.393. The fourth-order valence-electron chi connectivity index (χ4n) is 3.87. The van der Waals surface area contributed by atoms with Crippen molar-refractivity contribution in [1.82, 2.24) is 10.2 Å². The molecule has 9 heteroatoms. The van der Waals surface area contributed by atoms with Crippen LogP contribution in [0.4, 0.5) is 4.79 Å². The van der Waals surface area contributed by atoms with Gasteiger partial charge in [-0.25, -0.2) is 0 Å². The van der Waals surface area contributed by atoms with E-state index in [0.29, 0.717) is 27.9 Å². The van der Waals surface area contributed by atoms with Gasteiger partial charge in [0, 0.05) is 6.04 Å². The molecule has 8 nitrogen and oxygen atoms in total. The average molecular weight is 525 g/mol. The highest BCUT2D eigenvalue weighted by atomic mass is 32.2. The third-order valence-electron chi connectivity index (χ3n) is 6.02. The second-order valence-corrected chi connectivity index (χ2v) is 10.4. The van der Waals surface area contributed by atoms with E-state index in [4.69, 9.17) is 14.2 Å². The number of amides is 3. The lowest BCUT2D eigenvalue weighted by Crippen LogP contribution is -2.32. The zero-order valence-electron chi connectivity index (χ0n) is 21.5. The molecule has 0 atom stereocenters. The highest BCUT2D eigenvalue weighted by Crippen LogP contribution is 2.35. The molecule has 0 bridgehead atoms.